The van der Waals surface area contributed by atoms with Crippen LogP contribution < -0.4 is 5.32 Å². The monoisotopic (exact) mass is 313 g/mol. The number of carbonyl (C=O) groups is 1. The lowest BCUT2D eigenvalue weighted by molar-refractivity contribution is -0.121. The first kappa shape index (κ1) is 13.9. The Kier molecular flexibility index (Phi) is 3.45. The molecule has 3 heterocycles. The Morgan fingerprint density at radius 1 is 1.41 bits per heavy atom. The van der Waals surface area contributed by atoms with Gasteiger partial charge in [0.25, 0.3) is 0 Å². The number of amides is 1. The van der Waals surface area contributed by atoms with Gasteiger partial charge in [0.15, 0.2) is 0 Å². The summed E-state index contributed by atoms with van der Waals surface area (Å²) in [6, 6.07) is 8.53. The second kappa shape index (κ2) is 5.47. The molecule has 4 rings (SSSR count). The molecular weight excluding hydrogens is 294 g/mol. The van der Waals surface area contributed by atoms with Crippen LogP contribution in [0.15, 0.2) is 35.4 Å². The van der Waals surface area contributed by atoms with Crippen molar-refractivity contribution in [2.75, 3.05) is 0 Å². The van der Waals surface area contributed by atoms with E-state index in [-0.39, 0.29) is 17.2 Å². The smallest absolute Gasteiger partial charge is 0.234 e. The number of carbonyl (C=O) groups excluding carboxylic acids is 1. The summed E-state index contributed by atoms with van der Waals surface area (Å²) in [5.41, 5.74) is 2.35. The Bertz CT molecular complexity index is 699. The number of thioether (sulfide) groups is 1. The van der Waals surface area contributed by atoms with Crippen LogP contribution >= 0.6 is 11.8 Å². The van der Waals surface area contributed by atoms with Crippen molar-refractivity contribution in [2.24, 2.45) is 0 Å². The van der Waals surface area contributed by atoms with Crippen LogP contribution in [0.25, 0.3) is 0 Å². The number of hydrogen-bond acceptors (Lipinski definition) is 3. The number of aryl methyl sites for hydroxylation is 2. The molecule has 0 saturated heterocycles. The maximum Gasteiger partial charge on any atom is 0.234 e. The van der Waals surface area contributed by atoms with Gasteiger partial charge in [-0.2, -0.15) is 0 Å². The summed E-state index contributed by atoms with van der Waals surface area (Å²) in [7, 11) is 0. The van der Waals surface area contributed by atoms with Gasteiger partial charge in [-0.05, 0) is 31.4 Å². The summed E-state index contributed by atoms with van der Waals surface area (Å²) in [5.74, 6) is 1.32. The van der Waals surface area contributed by atoms with E-state index in [0.717, 1.165) is 37.3 Å². The minimum Gasteiger partial charge on any atom is -0.351 e. The van der Waals surface area contributed by atoms with Crippen molar-refractivity contribution < 1.29 is 4.79 Å². The largest absolute Gasteiger partial charge is 0.351 e. The lowest BCUT2D eigenvalue weighted by Gasteiger charge is -2.25. The highest BCUT2D eigenvalue weighted by Crippen LogP contribution is 2.36. The minimum atomic E-state index is 0.0170. The summed E-state index contributed by atoms with van der Waals surface area (Å²) < 4.78 is 2.18. The molecule has 2 atom stereocenters. The molecule has 0 aliphatic carbocycles. The minimum absolute atomic E-state index is 0.0170. The van der Waals surface area contributed by atoms with Gasteiger partial charge < -0.3 is 9.88 Å². The van der Waals surface area contributed by atoms with Crippen molar-refractivity contribution in [2.45, 2.75) is 48.9 Å². The van der Waals surface area contributed by atoms with Crippen LogP contribution in [0.1, 0.15) is 23.5 Å². The highest BCUT2D eigenvalue weighted by molar-refractivity contribution is 8.01. The van der Waals surface area contributed by atoms with Gasteiger partial charge in [0.1, 0.15) is 5.82 Å². The predicted molar refractivity (Wildman–Crippen MR) is 87.0 cm³/mol. The van der Waals surface area contributed by atoms with E-state index >= 15 is 0 Å². The quantitative estimate of drug-likeness (QED) is 0.926. The van der Waals surface area contributed by atoms with E-state index in [1.807, 2.05) is 19.1 Å². The molecule has 0 fully saturated rings. The van der Waals surface area contributed by atoms with Crippen molar-refractivity contribution >= 4 is 17.7 Å². The molecule has 0 spiro atoms. The number of rotatable bonds is 2. The Balaban J connectivity index is 1.40. The molecular formula is C17H19N3OS. The van der Waals surface area contributed by atoms with E-state index in [9.17, 15) is 4.79 Å². The van der Waals surface area contributed by atoms with Crippen LogP contribution in [0.5, 0.6) is 0 Å². The number of benzene rings is 1. The standard InChI is InChI=1S/C17H19N3OS/c1-11-9-20-10-13(6-7-16(20)18-11)19-17(21)15-8-12-4-2-3-5-14(12)22-15/h2-5,9,13,15H,6-8,10H2,1H3,(H,19,21)/t13-,15-/m0/s1. The van der Waals surface area contributed by atoms with Crippen LogP contribution in [-0.2, 0) is 24.2 Å². The van der Waals surface area contributed by atoms with Crippen LogP contribution in [0, 0.1) is 6.92 Å². The number of nitrogens with zero attached hydrogens (tertiary/aromatic N) is 2. The normalized spacial score (nSPS) is 23.0. The molecule has 2 aliphatic rings. The van der Waals surface area contributed by atoms with Crippen LogP contribution in [0.3, 0.4) is 0 Å². The van der Waals surface area contributed by atoms with Gasteiger partial charge in [-0.25, -0.2) is 4.98 Å². The number of imidazole rings is 1. The molecule has 1 amide bonds. The summed E-state index contributed by atoms with van der Waals surface area (Å²) in [4.78, 5) is 18.3. The molecule has 0 radical (unpaired) electrons. The Hall–Kier alpha value is -1.75. The van der Waals surface area contributed by atoms with Crippen molar-refractivity contribution in [1.82, 2.24) is 14.9 Å². The first-order valence-electron chi connectivity index (χ1n) is 7.76. The molecule has 0 saturated carbocycles. The third kappa shape index (κ3) is 2.54. The molecule has 0 bridgehead atoms. The van der Waals surface area contributed by atoms with E-state index in [0.29, 0.717) is 0 Å². The summed E-state index contributed by atoms with van der Waals surface area (Å²) in [6.07, 6.45) is 4.84. The highest BCUT2D eigenvalue weighted by Gasteiger charge is 2.30. The number of nitrogens with one attached hydrogen (secondary N) is 1. The van der Waals surface area contributed by atoms with Crippen LogP contribution in [-0.4, -0.2) is 26.8 Å². The van der Waals surface area contributed by atoms with E-state index < -0.39 is 0 Å². The summed E-state index contributed by atoms with van der Waals surface area (Å²) in [5, 5.41) is 3.25. The van der Waals surface area contributed by atoms with E-state index in [4.69, 9.17) is 0 Å². The maximum atomic E-state index is 12.5. The molecule has 22 heavy (non-hydrogen) atoms. The zero-order valence-electron chi connectivity index (χ0n) is 12.6. The van der Waals surface area contributed by atoms with Crippen molar-refractivity contribution in [3.63, 3.8) is 0 Å². The van der Waals surface area contributed by atoms with Gasteiger partial charge >= 0.3 is 0 Å². The van der Waals surface area contributed by atoms with Crippen LogP contribution in [0.4, 0.5) is 0 Å². The fourth-order valence-corrected chi connectivity index (χ4v) is 4.53. The topological polar surface area (TPSA) is 46.9 Å². The van der Waals surface area contributed by atoms with Crippen LogP contribution in [0.2, 0.25) is 0 Å². The predicted octanol–water partition coefficient (Wildman–Crippen LogP) is 2.34. The lowest BCUT2D eigenvalue weighted by atomic mass is 10.1. The summed E-state index contributed by atoms with van der Waals surface area (Å²) >= 11 is 1.69. The molecule has 0 unspecified atom stereocenters. The molecule has 5 heteroatoms. The van der Waals surface area contributed by atoms with Gasteiger partial charge in [-0.3, -0.25) is 4.79 Å². The number of aromatic nitrogens is 2. The van der Waals surface area contributed by atoms with Crippen molar-refractivity contribution in [3.8, 4) is 0 Å². The maximum absolute atomic E-state index is 12.5. The third-order valence-corrected chi connectivity index (χ3v) is 5.72. The lowest BCUT2D eigenvalue weighted by Crippen LogP contribution is -2.44. The Morgan fingerprint density at radius 3 is 3.14 bits per heavy atom. The highest BCUT2D eigenvalue weighted by atomic mass is 32.2. The van der Waals surface area contributed by atoms with Gasteiger partial charge in [0.05, 0.1) is 10.9 Å². The van der Waals surface area contributed by atoms with Crippen molar-refractivity contribution in [1.29, 1.82) is 0 Å². The molecule has 2 aromatic rings. The fourth-order valence-electron chi connectivity index (χ4n) is 3.33. The SMILES string of the molecule is Cc1cn2c(n1)CC[C@H](NC(=O)[C@@H]1Cc3ccccc3S1)C2. The van der Waals surface area contributed by atoms with Gasteiger partial charge in [0.2, 0.25) is 5.91 Å². The fraction of sp³-hybridized carbons (Fsp3) is 0.412. The van der Waals surface area contributed by atoms with Crippen molar-refractivity contribution in [3.05, 3.63) is 47.5 Å². The average Bonchev–Trinajstić information content (AvgIpc) is 3.08. The number of fused-ring (bicyclic) bond motifs is 2. The Labute approximate surface area is 134 Å². The third-order valence-electron chi connectivity index (χ3n) is 4.40. The van der Waals surface area contributed by atoms with E-state index in [2.05, 4.69) is 33.2 Å². The first-order valence-corrected chi connectivity index (χ1v) is 8.64. The van der Waals surface area contributed by atoms with E-state index in [1.165, 1.54) is 10.5 Å². The number of hydrogen-bond donors (Lipinski definition) is 1. The second-order valence-corrected chi connectivity index (χ2v) is 7.36. The molecule has 4 nitrogen and oxygen atoms in total. The molecule has 1 aromatic heterocycles. The second-order valence-electron chi connectivity index (χ2n) is 6.11. The van der Waals surface area contributed by atoms with Gasteiger partial charge in [0, 0.05) is 30.1 Å². The molecule has 1 aromatic carbocycles. The zero-order valence-corrected chi connectivity index (χ0v) is 13.4. The van der Waals surface area contributed by atoms with Gasteiger partial charge in [-0.1, -0.05) is 18.2 Å². The van der Waals surface area contributed by atoms with Gasteiger partial charge in [-0.15, -0.1) is 11.8 Å². The first-order chi connectivity index (χ1) is 10.7. The average molecular weight is 313 g/mol. The Morgan fingerprint density at radius 2 is 2.27 bits per heavy atom. The molecule has 2 aliphatic heterocycles. The zero-order chi connectivity index (χ0) is 15.1. The van der Waals surface area contributed by atoms with E-state index in [1.54, 1.807) is 11.8 Å². The summed E-state index contributed by atoms with van der Waals surface area (Å²) in [6.45, 7) is 2.86. The molecule has 114 valence electrons. The molecule has 1 N–H and O–H groups in total.